The number of rotatable bonds is 4. The van der Waals surface area contributed by atoms with Gasteiger partial charge >= 0.3 is 0 Å². The maximum absolute atomic E-state index is 10.9. The van der Waals surface area contributed by atoms with E-state index in [0.717, 1.165) is 37.8 Å². The van der Waals surface area contributed by atoms with Gasteiger partial charge in [-0.3, -0.25) is 4.68 Å². The topological polar surface area (TPSA) is 38.0 Å². The van der Waals surface area contributed by atoms with Gasteiger partial charge in [-0.25, -0.2) is 0 Å². The number of aromatic nitrogens is 2. The van der Waals surface area contributed by atoms with Crippen LogP contribution in [0.4, 0.5) is 0 Å². The second-order valence-corrected chi connectivity index (χ2v) is 5.74. The molecule has 3 heteroatoms. The lowest BCUT2D eigenvalue weighted by atomic mass is 9.72. The third-order valence-electron chi connectivity index (χ3n) is 4.54. The number of nitrogens with zero attached hydrogens (tertiary/aromatic N) is 2. The Morgan fingerprint density at radius 1 is 1.44 bits per heavy atom. The molecule has 0 saturated heterocycles. The average Bonchev–Trinajstić information content (AvgIpc) is 2.70. The van der Waals surface area contributed by atoms with Crippen LogP contribution in [-0.2, 0) is 19.9 Å². The first-order chi connectivity index (χ1) is 8.59. The van der Waals surface area contributed by atoms with E-state index < -0.39 is 5.60 Å². The van der Waals surface area contributed by atoms with Crippen LogP contribution < -0.4 is 0 Å². The maximum atomic E-state index is 10.9. The van der Waals surface area contributed by atoms with Crippen LogP contribution in [0.3, 0.4) is 0 Å². The average molecular weight is 250 g/mol. The van der Waals surface area contributed by atoms with Crippen LogP contribution in [0.25, 0.3) is 0 Å². The summed E-state index contributed by atoms with van der Waals surface area (Å²) in [6, 6.07) is 2.15. The molecule has 1 aromatic heterocycles. The smallest absolute Gasteiger partial charge is 0.0730 e. The molecule has 18 heavy (non-hydrogen) atoms. The van der Waals surface area contributed by atoms with Gasteiger partial charge in [0, 0.05) is 19.2 Å². The van der Waals surface area contributed by atoms with Gasteiger partial charge in [0.1, 0.15) is 0 Å². The van der Waals surface area contributed by atoms with Crippen molar-refractivity contribution in [3.63, 3.8) is 0 Å². The molecule has 3 nitrogen and oxygen atoms in total. The van der Waals surface area contributed by atoms with Gasteiger partial charge < -0.3 is 5.11 Å². The number of aryl methyl sites for hydroxylation is 2. The Morgan fingerprint density at radius 2 is 2.22 bits per heavy atom. The summed E-state index contributed by atoms with van der Waals surface area (Å²) in [5.41, 5.74) is 1.79. The molecule has 1 aromatic rings. The Bertz CT molecular complexity index is 399. The van der Waals surface area contributed by atoms with Gasteiger partial charge in [0.05, 0.1) is 11.3 Å². The molecular formula is C15H26N2O. The van der Waals surface area contributed by atoms with Crippen LogP contribution in [-0.4, -0.2) is 20.5 Å². The van der Waals surface area contributed by atoms with Gasteiger partial charge in [0.15, 0.2) is 0 Å². The van der Waals surface area contributed by atoms with E-state index >= 15 is 0 Å². The lowest BCUT2D eigenvalue weighted by Gasteiger charge is -2.39. The summed E-state index contributed by atoms with van der Waals surface area (Å²) in [4.78, 5) is 0. The maximum Gasteiger partial charge on any atom is 0.0730 e. The van der Waals surface area contributed by atoms with Crippen LogP contribution in [0.5, 0.6) is 0 Å². The molecule has 1 fully saturated rings. The quantitative estimate of drug-likeness (QED) is 0.892. The molecular weight excluding hydrogens is 224 g/mol. The third-order valence-corrected chi connectivity index (χ3v) is 4.54. The first kappa shape index (κ1) is 13.6. The van der Waals surface area contributed by atoms with Crippen LogP contribution in [0.15, 0.2) is 6.07 Å². The molecule has 102 valence electrons. The first-order valence-corrected chi connectivity index (χ1v) is 7.33. The fourth-order valence-corrected chi connectivity index (χ4v) is 3.33. The van der Waals surface area contributed by atoms with Gasteiger partial charge in [-0.1, -0.05) is 33.1 Å². The molecule has 2 rings (SSSR count). The Kier molecular flexibility index (Phi) is 4.10. The summed E-state index contributed by atoms with van der Waals surface area (Å²) in [6.45, 7) is 4.32. The van der Waals surface area contributed by atoms with Gasteiger partial charge in [-0.2, -0.15) is 5.10 Å². The molecule has 0 radical (unpaired) electrons. The second-order valence-electron chi connectivity index (χ2n) is 5.74. The standard InChI is InChI=1S/C15H26N2O/c1-4-12-8-6-7-9-15(12,18)11-14-10-13(5-2)16-17(14)3/h10,12,18H,4-9,11H2,1-3H3. The SMILES string of the molecule is CCc1cc(CC2(O)CCCCC2CC)n(C)n1. The van der Waals surface area contributed by atoms with Crippen LogP contribution in [0.2, 0.25) is 0 Å². The molecule has 1 saturated carbocycles. The fourth-order valence-electron chi connectivity index (χ4n) is 3.33. The van der Waals surface area contributed by atoms with Gasteiger partial charge in [0.2, 0.25) is 0 Å². The molecule has 2 unspecified atom stereocenters. The highest BCUT2D eigenvalue weighted by Gasteiger charge is 2.38. The summed E-state index contributed by atoms with van der Waals surface area (Å²) < 4.78 is 1.94. The Hall–Kier alpha value is -0.830. The van der Waals surface area contributed by atoms with Crippen LogP contribution in [0.1, 0.15) is 57.3 Å². The van der Waals surface area contributed by atoms with Crippen LogP contribution in [0, 0.1) is 5.92 Å². The number of aliphatic hydroxyl groups is 1. The van der Waals surface area contributed by atoms with Gasteiger partial charge in [-0.05, 0) is 31.2 Å². The normalized spacial score (nSPS) is 28.6. The molecule has 0 aromatic carbocycles. The highest BCUT2D eigenvalue weighted by molar-refractivity contribution is 5.13. The highest BCUT2D eigenvalue weighted by atomic mass is 16.3. The van der Waals surface area contributed by atoms with E-state index in [4.69, 9.17) is 0 Å². The van der Waals surface area contributed by atoms with E-state index in [2.05, 4.69) is 25.0 Å². The van der Waals surface area contributed by atoms with Crippen LogP contribution >= 0.6 is 0 Å². The second kappa shape index (κ2) is 5.43. The molecule has 1 N–H and O–H groups in total. The van der Waals surface area contributed by atoms with Gasteiger partial charge in [-0.15, -0.1) is 0 Å². The van der Waals surface area contributed by atoms with E-state index in [1.54, 1.807) is 0 Å². The molecule has 2 atom stereocenters. The minimum atomic E-state index is -0.508. The summed E-state index contributed by atoms with van der Waals surface area (Å²) in [7, 11) is 1.99. The van der Waals surface area contributed by atoms with Crippen molar-refractivity contribution in [3.05, 3.63) is 17.5 Å². The molecule has 0 aliphatic heterocycles. The summed E-state index contributed by atoms with van der Waals surface area (Å²) in [6.07, 6.45) is 7.34. The lowest BCUT2D eigenvalue weighted by molar-refractivity contribution is -0.0503. The zero-order chi connectivity index (χ0) is 13.2. The van der Waals surface area contributed by atoms with Crippen molar-refractivity contribution in [2.24, 2.45) is 13.0 Å². The van der Waals surface area contributed by atoms with Crippen molar-refractivity contribution in [2.45, 2.75) is 64.4 Å². The van der Waals surface area contributed by atoms with E-state index in [9.17, 15) is 5.11 Å². The summed E-state index contributed by atoms with van der Waals surface area (Å²) in [5.74, 6) is 0.450. The summed E-state index contributed by atoms with van der Waals surface area (Å²) >= 11 is 0. The van der Waals surface area contributed by atoms with Crippen molar-refractivity contribution < 1.29 is 5.11 Å². The molecule has 0 spiro atoms. The Morgan fingerprint density at radius 3 is 2.83 bits per heavy atom. The molecule has 1 aliphatic carbocycles. The van der Waals surface area contributed by atoms with Crippen molar-refractivity contribution in [2.75, 3.05) is 0 Å². The molecule has 0 amide bonds. The van der Waals surface area contributed by atoms with Crippen molar-refractivity contribution in [1.29, 1.82) is 0 Å². The predicted molar refractivity (Wildman–Crippen MR) is 73.5 cm³/mol. The van der Waals surface area contributed by atoms with Crippen molar-refractivity contribution in [1.82, 2.24) is 9.78 Å². The molecule has 0 bridgehead atoms. The fraction of sp³-hybridized carbons (Fsp3) is 0.800. The van der Waals surface area contributed by atoms with E-state index in [0.29, 0.717) is 5.92 Å². The number of hydrogen-bond donors (Lipinski definition) is 1. The predicted octanol–water partition coefficient (Wildman–Crippen LogP) is 2.86. The van der Waals surface area contributed by atoms with E-state index in [1.165, 1.54) is 18.5 Å². The summed E-state index contributed by atoms with van der Waals surface area (Å²) in [5, 5.41) is 15.4. The third kappa shape index (κ3) is 2.61. The minimum Gasteiger partial charge on any atom is -0.389 e. The zero-order valence-corrected chi connectivity index (χ0v) is 11.9. The van der Waals surface area contributed by atoms with E-state index in [1.807, 2.05) is 11.7 Å². The monoisotopic (exact) mass is 250 g/mol. The van der Waals surface area contributed by atoms with Gasteiger partial charge in [0.25, 0.3) is 0 Å². The minimum absolute atomic E-state index is 0.450. The highest BCUT2D eigenvalue weighted by Crippen LogP contribution is 2.38. The Labute approximate surface area is 110 Å². The van der Waals surface area contributed by atoms with Crippen molar-refractivity contribution in [3.8, 4) is 0 Å². The first-order valence-electron chi connectivity index (χ1n) is 7.33. The Balaban J connectivity index is 2.17. The molecule has 1 aliphatic rings. The largest absolute Gasteiger partial charge is 0.389 e. The molecule has 1 heterocycles. The zero-order valence-electron chi connectivity index (χ0n) is 11.9. The van der Waals surface area contributed by atoms with Crippen molar-refractivity contribution >= 4 is 0 Å². The van der Waals surface area contributed by atoms with E-state index in [-0.39, 0.29) is 0 Å². The lowest BCUT2D eigenvalue weighted by Crippen LogP contribution is -2.42. The number of hydrogen-bond acceptors (Lipinski definition) is 2.